The quantitative estimate of drug-likeness (QED) is 0.879. The number of pyridine rings is 1. The molecule has 2 heterocycles. The number of benzene rings is 1. The summed E-state index contributed by atoms with van der Waals surface area (Å²) in [5.41, 5.74) is 8.11. The number of fused-ring (bicyclic) bond motifs is 1. The van der Waals surface area contributed by atoms with Crippen LogP contribution >= 0.6 is 0 Å². The largest absolute Gasteiger partial charge is 0.384 e. The van der Waals surface area contributed by atoms with Gasteiger partial charge >= 0.3 is 0 Å². The van der Waals surface area contributed by atoms with Crippen molar-refractivity contribution in [2.45, 2.75) is 18.9 Å². The van der Waals surface area contributed by atoms with Crippen molar-refractivity contribution < 1.29 is 4.74 Å². The zero-order valence-corrected chi connectivity index (χ0v) is 10.9. The molecule has 3 N–H and O–H groups in total. The number of aromatic nitrogens is 1. The highest BCUT2D eigenvalue weighted by molar-refractivity contribution is 5.83. The molecule has 1 aliphatic heterocycles. The molecular formula is C15H19N3O. The molecular weight excluding hydrogens is 238 g/mol. The Labute approximate surface area is 113 Å². The molecule has 1 saturated heterocycles. The minimum Gasteiger partial charge on any atom is -0.384 e. The molecule has 1 aromatic carbocycles. The summed E-state index contributed by atoms with van der Waals surface area (Å²) in [5, 5.41) is 4.55. The first-order valence-electron chi connectivity index (χ1n) is 6.79. The third kappa shape index (κ3) is 2.85. The highest BCUT2D eigenvalue weighted by atomic mass is 16.5. The van der Waals surface area contributed by atoms with Gasteiger partial charge in [-0.05, 0) is 30.5 Å². The van der Waals surface area contributed by atoms with E-state index >= 15 is 0 Å². The van der Waals surface area contributed by atoms with Crippen LogP contribution in [0.25, 0.3) is 10.9 Å². The van der Waals surface area contributed by atoms with Crippen molar-refractivity contribution in [1.82, 2.24) is 10.3 Å². The van der Waals surface area contributed by atoms with E-state index in [0.29, 0.717) is 11.9 Å². The molecule has 0 saturated carbocycles. The Hall–Kier alpha value is -1.65. The lowest BCUT2D eigenvalue weighted by molar-refractivity contribution is 0.0239. The van der Waals surface area contributed by atoms with Gasteiger partial charge in [0.15, 0.2) is 0 Å². The second-order valence-electron chi connectivity index (χ2n) is 4.96. The molecule has 3 rings (SSSR count). The van der Waals surface area contributed by atoms with Gasteiger partial charge in [-0.15, -0.1) is 0 Å². The number of hydrogen-bond donors (Lipinski definition) is 2. The van der Waals surface area contributed by atoms with Gasteiger partial charge in [-0.25, -0.2) is 4.98 Å². The van der Waals surface area contributed by atoms with Gasteiger partial charge in [-0.3, -0.25) is 0 Å². The predicted octanol–water partition coefficient (Wildman–Crippen LogP) is 1.74. The van der Waals surface area contributed by atoms with E-state index < -0.39 is 0 Å². The molecule has 0 spiro atoms. The fourth-order valence-corrected chi connectivity index (χ4v) is 2.60. The number of hydrogen-bond acceptors (Lipinski definition) is 4. The maximum absolute atomic E-state index is 5.88. The van der Waals surface area contributed by atoms with Crippen molar-refractivity contribution in [3.8, 4) is 0 Å². The van der Waals surface area contributed by atoms with Gasteiger partial charge in [-0.2, -0.15) is 0 Å². The zero-order chi connectivity index (χ0) is 13.1. The molecule has 0 amide bonds. The van der Waals surface area contributed by atoms with Gasteiger partial charge < -0.3 is 15.8 Å². The molecule has 1 unspecified atom stereocenters. The molecule has 1 fully saturated rings. The Kier molecular flexibility index (Phi) is 3.62. The maximum Gasteiger partial charge on any atom is 0.124 e. The van der Waals surface area contributed by atoms with Crippen molar-refractivity contribution in [3.63, 3.8) is 0 Å². The van der Waals surface area contributed by atoms with E-state index in [1.165, 1.54) is 10.9 Å². The number of aryl methyl sites for hydroxylation is 1. The van der Waals surface area contributed by atoms with Crippen LogP contribution in [-0.2, 0) is 11.2 Å². The first-order valence-corrected chi connectivity index (χ1v) is 6.79. The smallest absolute Gasteiger partial charge is 0.124 e. The van der Waals surface area contributed by atoms with Gasteiger partial charge in [-0.1, -0.05) is 18.2 Å². The fraction of sp³-hybridized carbons (Fsp3) is 0.400. The number of nitrogen functional groups attached to an aromatic ring is 1. The number of para-hydroxylation sites is 1. The highest BCUT2D eigenvalue weighted by Crippen LogP contribution is 2.21. The summed E-state index contributed by atoms with van der Waals surface area (Å²) in [6.07, 6.45) is 2.29. The lowest BCUT2D eigenvalue weighted by atomic mass is 10.0. The van der Waals surface area contributed by atoms with E-state index in [0.717, 1.165) is 38.1 Å². The summed E-state index contributed by atoms with van der Waals surface area (Å²) in [4.78, 5) is 4.37. The molecule has 4 nitrogen and oxygen atoms in total. The van der Waals surface area contributed by atoms with Crippen LogP contribution in [0.5, 0.6) is 0 Å². The normalized spacial score (nSPS) is 19.7. The van der Waals surface area contributed by atoms with Crippen molar-refractivity contribution in [3.05, 3.63) is 35.9 Å². The third-order valence-electron chi connectivity index (χ3n) is 3.56. The molecule has 1 atom stereocenters. The topological polar surface area (TPSA) is 60.2 Å². The van der Waals surface area contributed by atoms with E-state index in [2.05, 4.69) is 16.4 Å². The Morgan fingerprint density at radius 1 is 1.37 bits per heavy atom. The number of ether oxygens (including phenoxy) is 1. The monoisotopic (exact) mass is 257 g/mol. The fourth-order valence-electron chi connectivity index (χ4n) is 2.60. The van der Waals surface area contributed by atoms with Crippen LogP contribution < -0.4 is 11.1 Å². The zero-order valence-electron chi connectivity index (χ0n) is 10.9. The summed E-state index contributed by atoms with van der Waals surface area (Å²) in [6, 6.07) is 10.1. The summed E-state index contributed by atoms with van der Waals surface area (Å²) in [6.45, 7) is 2.71. The van der Waals surface area contributed by atoms with E-state index in [1.54, 1.807) is 0 Å². The second kappa shape index (κ2) is 5.55. The summed E-state index contributed by atoms with van der Waals surface area (Å²) >= 11 is 0. The van der Waals surface area contributed by atoms with Crippen LogP contribution in [0, 0.1) is 0 Å². The maximum atomic E-state index is 5.88. The second-order valence-corrected chi connectivity index (χ2v) is 4.96. The number of nitrogens with zero attached hydrogens (tertiary/aromatic N) is 1. The van der Waals surface area contributed by atoms with Crippen LogP contribution in [0.3, 0.4) is 0 Å². The standard InChI is InChI=1S/C15H19N3O/c16-15-9-11(5-6-12-10-17-7-8-19-12)13-3-1-2-4-14(13)18-15/h1-4,9,12,17H,5-8,10H2,(H2,16,18). The van der Waals surface area contributed by atoms with Gasteiger partial charge in [0.05, 0.1) is 18.2 Å². The first kappa shape index (κ1) is 12.4. The van der Waals surface area contributed by atoms with E-state index in [-0.39, 0.29) is 0 Å². The summed E-state index contributed by atoms with van der Waals surface area (Å²) in [7, 11) is 0. The Bertz CT molecular complexity index is 564. The molecule has 0 radical (unpaired) electrons. The SMILES string of the molecule is Nc1cc(CCC2CNCCO2)c2ccccc2n1. The predicted molar refractivity (Wildman–Crippen MR) is 77.1 cm³/mol. The summed E-state index contributed by atoms with van der Waals surface area (Å²) < 4.78 is 5.73. The average Bonchev–Trinajstić information content (AvgIpc) is 2.45. The minimum atomic E-state index is 0.307. The van der Waals surface area contributed by atoms with Gasteiger partial charge in [0.2, 0.25) is 0 Å². The molecule has 4 heteroatoms. The molecule has 1 aromatic heterocycles. The van der Waals surface area contributed by atoms with E-state index in [9.17, 15) is 0 Å². The van der Waals surface area contributed by atoms with Gasteiger partial charge in [0.25, 0.3) is 0 Å². The number of morpholine rings is 1. The van der Waals surface area contributed by atoms with Crippen LogP contribution in [0.1, 0.15) is 12.0 Å². The lowest BCUT2D eigenvalue weighted by Crippen LogP contribution is -2.38. The number of nitrogens with one attached hydrogen (secondary N) is 1. The molecule has 0 bridgehead atoms. The van der Waals surface area contributed by atoms with E-state index in [4.69, 9.17) is 10.5 Å². The molecule has 2 aromatic rings. The number of nitrogens with two attached hydrogens (primary N) is 1. The van der Waals surface area contributed by atoms with Crippen molar-refractivity contribution in [2.24, 2.45) is 0 Å². The Morgan fingerprint density at radius 3 is 3.11 bits per heavy atom. The van der Waals surface area contributed by atoms with Gasteiger partial charge in [0.1, 0.15) is 5.82 Å². The van der Waals surface area contributed by atoms with Crippen LogP contribution in [0.2, 0.25) is 0 Å². The molecule has 19 heavy (non-hydrogen) atoms. The van der Waals surface area contributed by atoms with Crippen molar-refractivity contribution in [1.29, 1.82) is 0 Å². The van der Waals surface area contributed by atoms with Crippen molar-refractivity contribution in [2.75, 3.05) is 25.4 Å². The highest BCUT2D eigenvalue weighted by Gasteiger charge is 2.14. The van der Waals surface area contributed by atoms with Crippen LogP contribution in [0.4, 0.5) is 5.82 Å². The number of anilines is 1. The Balaban J connectivity index is 1.79. The molecule has 100 valence electrons. The number of rotatable bonds is 3. The van der Waals surface area contributed by atoms with Gasteiger partial charge in [0, 0.05) is 18.5 Å². The lowest BCUT2D eigenvalue weighted by Gasteiger charge is -2.23. The first-order chi connectivity index (χ1) is 9.33. The summed E-state index contributed by atoms with van der Waals surface area (Å²) in [5.74, 6) is 0.594. The molecule has 1 aliphatic rings. The van der Waals surface area contributed by atoms with E-state index in [1.807, 2.05) is 24.3 Å². The van der Waals surface area contributed by atoms with Crippen molar-refractivity contribution >= 4 is 16.7 Å². The van der Waals surface area contributed by atoms with Crippen LogP contribution in [0.15, 0.2) is 30.3 Å². The van der Waals surface area contributed by atoms with Crippen LogP contribution in [-0.4, -0.2) is 30.8 Å². The average molecular weight is 257 g/mol. The minimum absolute atomic E-state index is 0.307. The Morgan fingerprint density at radius 2 is 2.26 bits per heavy atom. The third-order valence-corrected chi connectivity index (χ3v) is 3.56. The molecule has 0 aliphatic carbocycles.